The van der Waals surface area contributed by atoms with E-state index in [-0.39, 0.29) is 18.6 Å². The van der Waals surface area contributed by atoms with E-state index < -0.39 is 5.97 Å². The fraction of sp³-hybridized carbons (Fsp3) is 0.429. The molecule has 0 unspecified atom stereocenters. The van der Waals surface area contributed by atoms with Crippen LogP contribution in [-0.2, 0) is 11.3 Å². The third kappa shape index (κ3) is 4.74. The van der Waals surface area contributed by atoms with Gasteiger partial charge in [-0.25, -0.2) is 4.79 Å². The lowest BCUT2D eigenvalue weighted by atomic mass is 10.2. The number of urea groups is 1. The van der Waals surface area contributed by atoms with E-state index in [0.717, 1.165) is 5.56 Å². The van der Waals surface area contributed by atoms with Gasteiger partial charge in [-0.15, -0.1) is 0 Å². The van der Waals surface area contributed by atoms with Crippen molar-refractivity contribution in [3.63, 3.8) is 0 Å². The van der Waals surface area contributed by atoms with Crippen molar-refractivity contribution in [3.8, 4) is 0 Å². The molecule has 0 aliphatic heterocycles. The molecule has 20 heavy (non-hydrogen) atoms. The number of aliphatic carboxylic acids is 1. The second-order valence-corrected chi connectivity index (χ2v) is 5.32. The molecule has 0 saturated heterocycles. The van der Waals surface area contributed by atoms with Gasteiger partial charge in [-0.05, 0) is 31.5 Å². The first kappa shape index (κ1) is 16.3. The number of rotatable bonds is 5. The molecule has 0 saturated carbocycles. The molecule has 0 aliphatic carbocycles. The summed E-state index contributed by atoms with van der Waals surface area (Å²) in [5, 5.41) is 9.49. The maximum Gasteiger partial charge on any atom is 0.323 e. The van der Waals surface area contributed by atoms with E-state index in [1.807, 2.05) is 12.1 Å². The summed E-state index contributed by atoms with van der Waals surface area (Å²) in [6.45, 7) is 3.67. The molecule has 1 aromatic rings. The SMILES string of the molecule is CC(C)N(CC(=O)O)C(=O)N(C)Cc1ccc(Cl)cc1. The van der Waals surface area contributed by atoms with Gasteiger partial charge in [-0.1, -0.05) is 23.7 Å². The van der Waals surface area contributed by atoms with E-state index in [4.69, 9.17) is 16.7 Å². The molecule has 2 amide bonds. The molecule has 0 heterocycles. The summed E-state index contributed by atoms with van der Waals surface area (Å²) < 4.78 is 0. The third-order valence-electron chi connectivity index (χ3n) is 2.83. The van der Waals surface area contributed by atoms with Crippen molar-refractivity contribution in [2.24, 2.45) is 0 Å². The van der Waals surface area contributed by atoms with Crippen molar-refractivity contribution in [1.29, 1.82) is 0 Å². The predicted octanol–water partition coefficient (Wildman–Crippen LogP) is 2.69. The quantitative estimate of drug-likeness (QED) is 0.909. The summed E-state index contributed by atoms with van der Waals surface area (Å²) in [7, 11) is 1.65. The molecular formula is C14H19ClN2O3. The van der Waals surface area contributed by atoms with Crippen LogP contribution in [0, 0.1) is 0 Å². The van der Waals surface area contributed by atoms with E-state index in [2.05, 4.69) is 0 Å². The summed E-state index contributed by atoms with van der Waals surface area (Å²) in [5.74, 6) is -1.02. The zero-order valence-corrected chi connectivity index (χ0v) is 12.6. The van der Waals surface area contributed by atoms with Crippen LogP contribution < -0.4 is 0 Å². The first-order valence-corrected chi connectivity index (χ1v) is 6.67. The Morgan fingerprint density at radius 1 is 1.25 bits per heavy atom. The zero-order chi connectivity index (χ0) is 15.3. The maximum atomic E-state index is 12.3. The first-order valence-electron chi connectivity index (χ1n) is 6.29. The minimum Gasteiger partial charge on any atom is -0.480 e. The average molecular weight is 299 g/mol. The summed E-state index contributed by atoms with van der Waals surface area (Å²) in [6, 6.07) is 6.70. The lowest BCUT2D eigenvalue weighted by Gasteiger charge is -2.30. The highest BCUT2D eigenvalue weighted by atomic mass is 35.5. The molecule has 0 aliphatic rings. The number of carboxylic acids is 1. The molecule has 110 valence electrons. The number of hydrogen-bond acceptors (Lipinski definition) is 2. The van der Waals surface area contributed by atoms with E-state index in [0.29, 0.717) is 11.6 Å². The normalized spacial score (nSPS) is 10.4. The van der Waals surface area contributed by atoms with Gasteiger partial charge in [0.05, 0.1) is 0 Å². The molecule has 0 aromatic heterocycles. The highest BCUT2D eigenvalue weighted by Gasteiger charge is 2.22. The van der Waals surface area contributed by atoms with E-state index in [1.54, 1.807) is 33.0 Å². The number of amides is 2. The number of benzene rings is 1. The summed E-state index contributed by atoms with van der Waals surface area (Å²) >= 11 is 5.81. The van der Waals surface area contributed by atoms with Crippen LogP contribution >= 0.6 is 11.6 Å². The van der Waals surface area contributed by atoms with Crippen molar-refractivity contribution < 1.29 is 14.7 Å². The second kappa shape index (κ2) is 7.14. The number of nitrogens with zero attached hydrogens (tertiary/aromatic N) is 2. The topological polar surface area (TPSA) is 60.9 Å². The largest absolute Gasteiger partial charge is 0.480 e. The van der Waals surface area contributed by atoms with E-state index in [9.17, 15) is 9.59 Å². The minimum atomic E-state index is -1.02. The number of carbonyl (C=O) groups excluding carboxylic acids is 1. The van der Waals surface area contributed by atoms with Crippen LogP contribution in [0.3, 0.4) is 0 Å². The van der Waals surface area contributed by atoms with Gasteiger partial charge in [0.15, 0.2) is 0 Å². The number of carbonyl (C=O) groups is 2. The lowest BCUT2D eigenvalue weighted by Crippen LogP contribution is -2.46. The summed E-state index contributed by atoms with van der Waals surface area (Å²) in [6.07, 6.45) is 0. The van der Waals surface area contributed by atoms with Gasteiger partial charge in [0.2, 0.25) is 0 Å². The van der Waals surface area contributed by atoms with Crippen molar-refractivity contribution in [3.05, 3.63) is 34.9 Å². The van der Waals surface area contributed by atoms with Gasteiger partial charge < -0.3 is 14.9 Å². The van der Waals surface area contributed by atoms with Crippen LogP contribution in [0.4, 0.5) is 4.79 Å². The molecule has 0 spiro atoms. The zero-order valence-electron chi connectivity index (χ0n) is 11.8. The maximum absolute atomic E-state index is 12.3. The molecule has 0 atom stereocenters. The van der Waals surface area contributed by atoms with Crippen LogP contribution in [0.15, 0.2) is 24.3 Å². The van der Waals surface area contributed by atoms with Crippen molar-refractivity contribution in [2.45, 2.75) is 26.4 Å². The Balaban J connectivity index is 2.73. The molecule has 0 bridgehead atoms. The minimum absolute atomic E-state index is 0.175. The molecule has 6 heteroatoms. The van der Waals surface area contributed by atoms with Crippen LogP contribution in [0.1, 0.15) is 19.4 Å². The van der Waals surface area contributed by atoms with Crippen LogP contribution in [0.25, 0.3) is 0 Å². The molecular weight excluding hydrogens is 280 g/mol. The van der Waals surface area contributed by atoms with Crippen molar-refractivity contribution in [2.75, 3.05) is 13.6 Å². The lowest BCUT2D eigenvalue weighted by molar-refractivity contribution is -0.138. The molecule has 1 N–H and O–H groups in total. The first-order chi connectivity index (χ1) is 9.31. The molecule has 5 nitrogen and oxygen atoms in total. The highest BCUT2D eigenvalue weighted by molar-refractivity contribution is 6.30. The van der Waals surface area contributed by atoms with Gasteiger partial charge in [0.25, 0.3) is 0 Å². The Kier molecular flexibility index (Phi) is 5.82. The Labute approximate surface area is 123 Å². The van der Waals surface area contributed by atoms with E-state index in [1.165, 1.54) is 9.80 Å². The fourth-order valence-electron chi connectivity index (χ4n) is 1.77. The van der Waals surface area contributed by atoms with Gasteiger partial charge in [0.1, 0.15) is 6.54 Å². The average Bonchev–Trinajstić information content (AvgIpc) is 2.37. The number of halogens is 1. The fourth-order valence-corrected chi connectivity index (χ4v) is 1.89. The number of carboxylic acid groups (broad SMARTS) is 1. The Bertz CT molecular complexity index is 474. The molecule has 1 aromatic carbocycles. The van der Waals surface area contributed by atoms with E-state index >= 15 is 0 Å². The monoisotopic (exact) mass is 298 g/mol. The van der Waals surface area contributed by atoms with Gasteiger partial charge >= 0.3 is 12.0 Å². The van der Waals surface area contributed by atoms with Crippen LogP contribution in [0.5, 0.6) is 0 Å². The smallest absolute Gasteiger partial charge is 0.323 e. The standard InChI is InChI=1S/C14H19ClN2O3/c1-10(2)17(9-13(18)19)14(20)16(3)8-11-4-6-12(15)7-5-11/h4-7,10H,8-9H2,1-3H3,(H,18,19). The van der Waals surface area contributed by atoms with Crippen molar-refractivity contribution in [1.82, 2.24) is 9.80 Å². The van der Waals surface area contributed by atoms with Crippen LogP contribution in [-0.4, -0.2) is 46.5 Å². The highest BCUT2D eigenvalue weighted by Crippen LogP contribution is 2.12. The van der Waals surface area contributed by atoms with Crippen LogP contribution in [0.2, 0.25) is 5.02 Å². The predicted molar refractivity (Wildman–Crippen MR) is 77.8 cm³/mol. The summed E-state index contributed by atoms with van der Waals surface area (Å²) in [5.41, 5.74) is 0.935. The Hall–Kier alpha value is -1.75. The second-order valence-electron chi connectivity index (χ2n) is 4.88. The third-order valence-corrected chi connectivity index (χ3v) is 3.09. The molecule has 1 rings (SSSR count). The molecule has 0 fully saturated rings. The Morgan fingerprint density at radius 3 is 2.25 bits per heavy atom. The Morgan fingerprint density at radius 2 is 1.80 bits per heavy atom. The van der Waals surface area contributed by atoms with Crippen molar-refractivity contribution >= 4 is 23.6 Å². The number of hydrogen-bond donors (Lipinski definition) is 1. The summed E-state index contributed by atoms with van der Waals surface area (Å²) in [4.78, 5) is 25.9. The molecule has 0 radical (unpaired) electrons. The van der Waals surface area contributed by atoms with Gasteiger partial charge in [-0.3, -0.25) is 4.79 Å². The van der Waals surface area contributed by atoms with Gasteiger partial charge in [0, 0.05) is 24.7 Å². The van der Waals surface area contributed by atoms with Gasteiger partial charge in [-0.2, -0.15) is 0 Å².